The van der Waals surface area contributed by atoms with Gasteiger partial charge in [-0.15, -0.1) is 0 Å². The number of nitrogens with two attached hydrogens (primary N) is 1. The summed E-state index contributed by atoms with van der Waals surface area (Å²) in [6.07, 6.45) is 3.38. The number of hydrogen-bond acceptors (Lipinski definition) is 3. The van der Waals surface area contributed by atoms with Gasteiger partial charge >= 0.3 is 0 Å². The third kappa shape index (κ3) is 2.11. The first-order valence-corrected chi connectivity index (χ1v) is 6.90. The van der Waals surface area contributed by atoms with Crippen molar-refractivity contribution in [1.29, 1.82) is 0 Å². The first kappa shape index (κ1) is 12.5. The highest BCUT2D eigenvalue weighted by atomic mass is 16.2. The number of nitrogen functional groups attached to an aromatic ring is 1. The number of anilines is 1. The predicted molar refractivity (Wildman–Crippen MR) is 73.6 cm³/mol. The Morgan fingerprint density at radius 3 is 2.84 bits per heavy atom. The van der Waals surface area contributed by atoms with Crippen molar-refractivity contribution in [3.8, 4) is 0 Å². The molecule has 0 radical (unpaired) electrons. The number of H-pyrrole nitrogens is 1. The Kier molecular flexibility index (Phi) is 2.46. The van der Waals surface area contributed by atoms with Crippen LogP contribution in [0.3, 0.4) is 0 Å². The Bertz CT molecular complexity index is 521. The summed E-state index contributed by atoms with van der Waals surface area (Å²) in [7, 11) is 0. The number of likely N-dealkylation sites (tertiary alicyclic amines) is 1. The minimum absolute atomic E-state index is 0.0376. The molecule has 3 rings (SSSR count). The van der Waals surface area contributed by atoms with E-state index in [2.05, 4.69) is 31.0 Å². The molecule has 2 heterocycles. The van der Waals surface area contributed by atoms with Crippen molar-refractivity contribution in [3.05, 3.63) is 11.8 Å². The largest absolute Gasteiger partial charge is 0.382 e. The van der Waals surface area contributed by atoms with E-state index in [1.54, 1.807) is 6.07 Å². The van der Waals surface area contributed by atoms with Crippen LogP contribution in [0.5, 0.6) is 0 Å². The third-order valence-electron chi connectivity index (χ3n) is 4.50. The van der Waals surface area contributed by atoms with Crippen molar-refractivity contribution in [2.24, 2.45) is 10.8 Å². The Morgan fingerprint density at radius 1 is 1.47 bits per heavy atom. The van der Waals surface area contributed by atoms with Crippen LogP contribution in [0, 0.1) is 10.8 Å². The van der Waals surface area contributed by atoms with Crippen LogP contribution in [-0.4, -0.2) is 33.6 Å². The lowest BCUT2D eigenvalue weighted by molar-refractivity contribution is 0.0702. The number of fused-ring (bicyclic) bond motifs is 2. The Hall–Kier alpha value is -1.52. The molecule has 1 aromatic rings. The van der Waals surface area contributed by atoms with Crippen LogP contribution in [0.1, 0.15) is 50.5 Å². The van der Waals surface area contributed by atoms with Gasteiger partial charge in [0.15, 0.2) is 0 Å². The van der Waals surface area contributed by atoms with Crippen LogP contribution in [0.25, 0.3) is 0 Å². The van der Waals surface area contributed by atoms with E-state index in [4.69, 9.17) is 5.73 Å². The van der Waals surface area contributed by atoms with Gasteiger partial charge in [0.2, 0.25) is 0 Å². The lowest BCUT2D eigenvalue weighted by Gasteiger charge is -2.39. The quantitative estimate of drug-likeness (QED) is 0.813. The molecule has 1 aliphatic carbocycles. The lowest BCUT2D eigenvalue weighted by atomic mass is 9.65. The smallest absolute Gasteiger partial charge is 0.272 e. The van der Waals surface area contributed by atoms with E-state index in [0.717, 1.165) is 19.4 Å². The van der Waals surface area contributed by atoms with Crippen molar-refractivity contribution in [1.82, 2.24) is 15.1 Å². The molecule has 0 aromatic carbocycles. The number of amides is 1. The van der Waals surface area contributed by atoms with E-state index in [-0.39, 0.29) is 11.3 Å². The van der Waals surface area contributed by atoms with Crippen molar-refractivity contribution in [2.75, 3.05) is 12.3 Å². The maximum atomic E-state index is 12.6. The normalized spacial score (nSPS) is 32.6. The molecule has 1 saturated carbocycles. The van der Waals surface area contributed by atoms with Crippen LogP contribution < -0.4 is 5.73 Å². The molecule has 5 nitrogen and oxygen atoms in total. The van der Waals surface area contributed by atoms with Gasteiger partial charge in [-0.3, -0.25) is 9.89 Å². The van der Waals surface area contributed by atoms with Gasteiger partial charge in [-0.2, -0.15) is 5.10 Å². The number of carbonyl (C=O) groups excluding carboxylic acids is 1. The fourth-order valence-corrected chi connectivity index (χ4v) is 4.30. The fraction of sp³-hybridized carbons (Fsp3) is 0.714. The van der Waals surface area contributed by atoms with Crippen LogP contribution in [-0.2, 0) is 0 Å². The average Bonchev–Trinajstić information content (AvgIpc) is 2.78. The number of rotatable bonds is 1. The van der Waals surface area contributed by atoms with E-state index in [0.29, 0.717) is 23.0 Å². The van der Waals surface area contributed by atoms with Crippen LogP contribution in [0.15, 0.2) is 6.07 Å². The number of carbonyl (C=O) groups is 1. The topological polar surface area (TPSA) is 75.0 Å². The van der Waals surface area contributed by atoms with Crippen molar-refractivity contribution >= 4 is 11.7 Å². The highest BCUT2D eigenvalue weighted by molar-refractivity contribution is 5.93. The summed E-state index contributed by atoms with van der Waals surface area (Å²) >= 11 is 0. The van der Waals surface area contributed by atoms with E-state index >= 15 is 0 Å². The molecule has 2 fully saturated rings. The van der Waals surface area contributed by atoms with E-state index in [1.165, 1.54) is 6.42 Å². The number of aromatic amines is 1. The van der Waals surface area contributed by atoms with E-state index < -0.39 is 0 Å². The van der Waals surface area contributed by atoms with Crippen LogP contribution in [0.4, 0.5) is 5.82 Å². The van der Waals surface area contributed by atoms with Gasteiger partial charge in [0.1, 0.15) is 11.5 Å². The van der Waals surface area contributed by atoms with Gasteiger partial charge in [0.25, 0.3) is 5.91 Å². The summed E-state index contributed by atoms with van der Waals surface area (Å²) < 4.78 is 0. The minimum atomic E-state index is 0.0376. The molecule has 2 bridgehead atoms. The zero-order chi connectivity index (χ0) is 13.8. The summed E-state index contributed by atoms with van der Waals surface area (Å²) in [6, 6.07) is 1.98. The second-order valence-electron chi connectivity index (χ2n) is 7.35. The molecular weight excluding hydrogens is 240 g/mol. The molecule has 19 heavy (non-hydrogen) atoms. The fourth-order valence-electron chi connectivity index (χ4n) is 4.30. The molecule has 3 N–H and O–H groups in total. The summed E-state index contributed by atoms with van der Waals surface area (Å²) in [5.74, 6) is 0.410. The Labute approximate surface area is 113 Å². The van der Waals surface area contributed by atoms with Crippen molar-refractivity contribution in [2.45, 2.75) is 46.1 Å². The third-order valence-corrected chi connectivity index (χ3v) is 4.50. The first-order chi connectivity index (χ1) is 8.78. The zero-order valence-electron chi connectivity index (χ0n) is 11.9. The Balaban J connectivity index is 1.86. The standard InChI is InChI=1S/C14H22N4O/c1-13(2)5-9-6-14(3,7-13)8-18(9)12(19)10-4-11(15)17-16-10/h4,9H,5-8H2,1-3H3,(H3,15,16,17). The molecule has 2 atom stereocenters. The summed E-state index contributed by atoms with van der Waals surface area (Å²) in [4.78, 5) is 14.6. The summed E-state index contributed by atoms with van der Waals surface area (Å²) in [6.45, 7) is 7.76. The second kappa shape index (κ2) is 3.74. The molecule has 1 saturated heterocycles. The van der Waals surface area contributed by atoms with Gasteiger partial charge < -0.3 is 10.6 Å². The zero-order valence-corrected chi connectivity index (χ0v) is 11.9. The lowest BCUT2D eigenvalue weighted by Crippen LogP contribution is -2.37. The highest BCUT2D eigenvalue weighted by Crippen LogP contribution is 2.52. The Morgan fingerprint density at radius 2 is 2.21 bits per heavy atom. The molecule has 2 aliphatic rings. The summed E-state index contributed by atoms with van der Waals surface area (Å²) in [5.41, 5.74) is 6.66. The number of hydrogen-bond donors (Lipinski definition) is 2. The monoisotopic (exact) mass is 262 g/mol. The molecule has 1 amide bonds. The molecule has 5 heteroatoms. The van der Waals surface area contributed by atoms with Gasteiger partial charge in [0, 0.05) is 18.7 Å². The molecule has 2 unspecified atom stereocenters. The van der Waals surface area contributed by atoms with Gasteiger partial charge in [-0.25, -0.2) is 0 Å². The number of nitrogens with zero attached hydrogens (tertiary/aromatic N) is 2. The van der Waals surface area contributed by atoms with Gasteiger partial charge in [0.05, 0.1) is 0 Å². The van der Waals surface area contributed by atoms with Gasteiger partial charge in [-0.1, -0.05) is 20.8 Å². The maximum Gasteiger partial charge on any atom is 0.272 e. The van der Waals surface area contributed by atoms with E-state index in [1.807, 2.05) is 4.90 Å². The molecule has 0 spiro atoms. The van der Waals surface area contributed by atoms with Crippen LogP contribution >= 0.6 is 0 Å². The molecule has 104 valence electrons. The minimum Gasteiger partial charge on any atom is -0.382 e. The van der Waals surface area contributed by atoms with Crippen molar-refractivity contribution in [3.63, 3.8) is 0 Å². The molecular formula is C14H22N4O. The number of aromatic nitrogens is 2. The molecule has 1 aromatic heterocycles. The summed E-state index contributed by atoms with van der Waals surface area (Å²) in [5, 5.41) is 6.57. The molecule has 1 aliphatic heterocycles. The van der Waals surface area contributed by atoms with Crippen molar-refractivity contribution < 1.29 is 4.79 Å². The van der Waals surface area contributed by atoms with Gasteiger partial charge in [-0.05, 0) is 30.1 Å². The second-order valence-corrected chi connectivity index (χ2v) is 7.35. The SMILES string of the molecule is CC1(C)CC2CC(C)(CN2C(=O)c2cc(N)n[nH]2)C1. The predicted octanol–water partition coefficient (Wildman–Crippen LogP) is 2.03. The number of nitrogens with one attached hydrogen (secondary N) is 1. The van der Waals surface area contributed by atoms with Crippen LogP contribution in [0.2, 0.25) is 0 Å². The highest BCUT2D eigenvalue weighted by Gasteiger charge is 2.51. The van der Waals surface area contributed by atoms with E-state index in [9.17, 15) is 4.79 Å². The average molecular weight is 262 g/mol. The maximum absolute atomic E-state index is 12.6. The first-order valence-electron chi connectivity index (χ1n) is 6.90.